The third kappa shape index (κ3) is 3.52. The van der Waals surface area contributed by atoms with Gasteiger partial charge in [0.25, 0.3) is 0 Å². The number of aromatic nitrogens is 2. The third-order valence-corrected chi connectivity index (χ3v) is 2.67. The molecule has 0 bridgehead atoms. The lowest BCUT2D eigenvalue weighted by Gasteiger charge is -2.12. The quantitative estimate of drug-likeness (QED) is 0.636. The molecule has 8 nitrogen and oxygen atoms in total. The molecule has 19 heavy (non-hydrogen) atoms. The number of aliphatic hydroxyl groups excluding tert-OH is 1. The highest BCUT2D eigenvalue weighted by atomic mass is 16.5. The van der Waals surface area contributed by atoms with Crippen molar-refractivity contribution < 1.29 is 19.7 Å². The number of hydrogen-bond donors (Lipinski definition) is 3. The summed E-state index contributed by atoms with van der Waals surface area (Å²) >= 11 is 0. The molecule has 2 rings (SSSR count). The molecule has 1 unspecified atom stereocenters. The zero-order valence-electron chi connectivity index (χ0n) is 10.3. The van der Waals surface area contributed by atoms with E-state index in [4.69, 9.17) is 9.84 Å². The summed E-state index contributed by atoms with van der Waals surface area (Å²) in [6.07, 6.45) is 2.87. The second-order valence-electron chi connectivity index (χ2n) is 4.14. The first-order valence-corrected chi connectivity index (χ1v) is 5.96. The minimum Gasteiger partial charge on any atom is -0.481 e. The summed E-state index contributed by atoms with van der Waals surface area (Å²) in [6, 6.07) is 0. The topological polar surface area (TPSA) is 109 Å². The van der Waals surface area contributed by atoms with Crippen molar-refractivity contribution >= 4 is 18.1 Å². The van der Waals surface area contributed by atoms with Gasteiger partial charge in [0.05, 0.1) is 24.9 Å². The Balaban J connectivity index is 1.88. The van der Waals surface area contributed by atoms with Gasteiger partial charge in [0.1, 0.15) is 12.8 Å². The molecule has 104 valence electrons. The third-order valence-electron chi connectivity index (χ3n) is 2.67. The summed E-state index contributed by atoms with van der Waals surface area (Å²) < 4.78 is 7.05. The Labute approximate surface area is 109 Å². The van der Waals surface area contributed by atoms with E-state index >= 15 is 0 Å². The van der Waals surface area contributed by atoms with E-state index in [1.54, 1.807) is 10.9 Å². The Morgan fingerprint density at radius 1 is 1.63 bits per heavy atom. The Kier molecular flexibility index (Phi) is 4.48. The fraction of sp³-hybridized carbons (Fsp3) is 0.545. The minimum atomic E-state index is -0.836. The number of anilines is 1. The molecule has 0 saturated carbocycles. The molecular weight excluding hydrogens is 252 g/mol. The van der Waals surface area contributed by atoms with Crippen molar-refractivity contribution in [3.8, 4) is 0 Å². The van der Waals surface area contributed by atoms with Crippen LogP contribution in [0.1, 0.15) is 24.6 Å². The molecule has 1 aromatic heterocycles. The summed E-state index contributed by atoms with van der Waals surface area (Å²) in [5.74, 6) is -0.278. The van der Waals surface area contributed by atoms with E-state index < -0.39 is 12.1 Å². The number of carboxylic acid groups (broad SMARTS) is 1. The van der Waals surface area contributed by atoms with E-state index in [0.29, 0.717) is 24.5 Å². The average molecular weight is 268 g/mol. The van der Waals surface area contributed by atoms with Crippen LogP contribution < -0.4 is 5.32 Å². The van der Waals surface area contributed by atoms with Gasteiger partial charge in [-0.1, -0.05) is 0 Å². The molecule has 3 N–H and O–H groups in total. The smallest absolute Gasteiger partial charge is 0.303 e. The van der Waals surface area contributed by atoms with Crippen molar-refractivity contribution in [1.82, 2.24) is 9.55 Å². The molecule has 2 heterocycles. The number of aliphatic carboxylic acids is 1. The fourth-order valence-corrected chi connectivity index (χ4v) is 1.79. The maximum absolute atomic E-state index is 10.3. The van der Waals surface area contributed by atoms with Crippen molar-refractivity contribution in [2.24, 2.45) is 4.99 Å². The van der Waals surface area contributed by atoms with Crippen molar-refractivity contribution in [2.75, 3.05) is 18.5 Å². The zero-order valence-corrected chi connectivity index (χ0v) is 10.3. The molecule has 8 heteroatoms. The Morgan fingerprint density at radius 3 is 3.26 bits per heavy atom. The number of imidazole rings is 1. The van der Waals surface area contributed by atoms with Crippen LogP contribution in [-0.2, 0) is 16.3 Å². The van der Waals surface area contributed by atoms with E-state index in [-0.39, 0.29) is 19.7 Å². The summed E-state index contributed by atoms with van der Waals surface area (Å²) in [5, 5.41) is 21.3. The predicted octanol–water partition coefficient (Wildman–Crippen LogP) is 0.209. The Morgan fingerprint density at radius 2 is 2.47 bits per heavy atom. The molecule has 0 radical (unpaired) electrons. The van der Waals surface area contributed by atoms with Gasteiger partial charge in [-0.15, -0.1) is 0 Å². The average Bonchev–Trinajstić information content (AvgIpc) is 2.67. The van der Waals surface area contributed by atoms with E-state index in [2.05, 4.69) is 15.3 Å². The van der Waals surface area contributed by atoms with Crippen LogP contribution in [0.4, 0.5) is 5.82 Å². The van der Waals surface area contributed by atoms with E-state index in [1.165, 1.54) is 6.34 Å². The van der Waals surface area contributed by atoms with Crippen molar-refractivity contribution in [3.63, 3.8) is 0 Å². The number of aliphatic hydroxyl groups is 1. The van der Waals surface area contributed by atoms with Crippen LogP contribution in [0.15, 0.2) is 11.3 Å². The van der Waals surface area contributed by atoms with Crippen LogP contribution in [0.2, 0.25) is 0 Å². The molecule has 1 aliphatic rings. The van der Waals surface area contributed by atoms with Gasteiger partial charge in [-0.2, -0.15) is 0 Å². The van der Waals surface area contributed by atoms with Crippen molar-refractivity contribution in [1.29, 1.82) is 0 Å². The van der Waals surface area contributed by atoms with Crippen LogP contribution in [0.5, 0.6) is 0 Å². The highest BCUT2D eigenvalue weighted by Crippen LogP contribution is 2.23. The summed E-state index contributed by atoms with van der Waals surface area (Å²) in [7, 11) is 0. The maximum Gasteiger partial charge on any atom is 0.303 e. The second kappa shape index (κ2) is 6.30. The van der Waals surface area contributed by atoms with Gasteiger partial charge in [-0.25, -0.2) is 4.98 Å². The molecule has 1 atom stereocenters. The maximum atomic E-state index is 10.3. The zero-order chi connectivity index (χ0) is 13.7. The number of nitrogens with one attached hydrogen (secondary N) is 1. The SMILES string of the molecule is O=C(O)CCCOCn1cnc2c1C(O)CN=CN2. The molecule has 0 spiro atoms. The normalized spacial score (nSPS) is 17.6. The van der Waals surface area contributed by atoms with Crippen LogP contribution >= 0.6 is 0 Å². The number of fused-ring (bicyclic) bond motifs is 1. The number of hydrogen-bond acceptors (Lipinski definition) is 6. The highest BCUT2D eigenvalue weighted by Gasteiger charge is 2.20. The van der Waals surface area contributed by atoms with Gasteiger partial charge in [0.2, 0.25) is 0 Å². The van der Waals surface area contributed by atoms with Crippen molar-refractivity contribution in [3.05, 3.63) is 12.0 Å². The van der Waals surface area contributed by atoms with Gasteiger partial charge < -0.3 is 24.8 Å². The van der Waals surface area contributed by atoms with Gasteiger partial charge in [-0.05, 0) is 6.42 Å². The van der Waals surface area contributed by atoms with Gasteiger partial charge >= 0.3 is 5.97 Å². The number of nitrogens with zero attached hydrogens (tertiary/aromatic N) is 3. The molecular formula is C11H16N4O4. The summed E-state index contributed by atoms with van der Waals surface area (Å²) in [5.41, 5.74) is 0.621. The van der Waals surface area contributed by atoms with Crippen LogP contribution in [-0.4, -0.2) is 45.2 Å². The lowest BCUT2D eigenvalue weighted by Crippen LogP contribution is -2.12. The number of ether oxygens (including phenoxy) is 1. The van der Waals surface area contributed by atoms with E-state index in [9.17, 15) is 9.90 Å². The molecule has 0 fully saturated rings. The van der Waals surface area contributed by atoms with E-state index in [0.717, 1.165) is 0 Å². The lowest BCUT2D eigenvalue weighted by molar-refractivity contribution is -0.137. The first kappa shape index (κ1) is 13.5. The molecule has 1 aromatic rings. The molecule has 1 aliphatic heterocycles. The van der Waals surface area contributed by atoms with Gasteiger partial charge in [-0.3, -0.25) is 9.79 Å². The number of aliphatic imine (C=N–C) groups is 1. The number of carboxylic acids is 1. The summed E-state index contributed by atoms with van der Waals surface area (Å²) in [4.78, 5) is 18.4. The van der Waals surface area contributed by atoms with Crippen molar-refractivity contribution in [2.45, 2.75) is 25.7 Å². The molecule has 0 aliphatic carbocycles. The van der Waals surface area contributed by atoms with Crippen LogP contribution in [0.25, 0.3) is 0 Å². The lowest BCUT2D eigenvalue weighted by atomic mass is 10.2. The fourth-order valence-electron chi connectivity index (χ4n) is 1.79. The first-order valence-electron chi connectivity index (χ1n) is 5.96. The summed E-state index contributed by atoms with van der Waals surface area (Å²) in [6.45, 7) is 0.838. The van der Waals surface area contributed by atoms with E-state index in [1.807, 2.05) is 0 Å². The first-order chi connectivity index (χ1) is 9.18. The van der Waals surface area contributed by atoms with Crippen LogP contribution in [0.3, 0.4) is 0 Å². The molecule has 0 aromatic carbocycles. The van der Waals surface area contributed by atoms with Gasteiger partial charge in [0, 0.05) is 13.0 Å². The molecule has 0 saturated heterocycles. The monoisotopic (exact) mass is 268 g/mol. The molecule has 0 amide bonds. The standard InChI is InChI=1S/C11H16N4O4/c16-8-4-12-5-13-11-10(8)15(6-14-11)7-19-3-1-2-9(17)18/h5-6,8,16H,1-4,7H2,(H,12,13)(H,17,18). The highest BCUT2D eigenvalue weighted by molar-refractivity contribution is 5.75. The van der Waals surface area contributed by atoms with Gasteiger partial charge in [0.15, 0.2) is 5.82 Å². The Bertz CT molecular complexity index is 471. The number of rotatable bonds is 6. The van der Waals surface area contributed by atoms with Crippen LogP contribution in [0, 0.1) is 0 Å². The largest absolute Gasteiger partial charge is 0.481 e. The number of carbonyl (C=O) groups is 1. The second-order valence-corrected chi connectivity index (χ2v) is 4.14. The predicted molar refractivity (Wildman–Crippen MR) is 67.0 cm³/mol. The minimum absolute atomic E-state index is 0.0834. The Hall–Kier alpha value is -1.93.